The summed E-state index contributed by atoms with van der Waals surface area (Å²) < 4.78 is 10.5. The summed E-state index contributed by atoms with van der Waals surface area (Å²) >= 11 is 0. The summed E-state index contributed by atoms with van der Waals surface area (Å²) in [5.41, 5.74) is 16.6. The normalized spacial score (nSPS) is 12.7. The van der Waals surface area contributed by atoms with Crippen LogP contribution in [0.1, 0.15) is 0 Å². The van der Waals surface area contributed by atoms with E-state index in [4.69, 9.17) is 20.5 Å². The van der Waals surface area contributed by atoms with E-state index < -0.39 is 0 Å². The van der Waals surface area contributed by atoms with Crippen molar-refractivity contribution < 1.29 is 23.9 Å². The first-order valence-corrected chi connectivity index (χ1v) is 8.08. The average molecular weight is 380 g/mol. The number of carbonyl (C=O) groups excluding carboxylic acids is 3. The van der Waals surface area contributed by atoms with E-state index in [9.17, 15) is 14.4 Å². The molecule has 0 fully saturated rings. The molecule has 0 atom stereocenters. The fraction of sp³-hybridized carbons (Fsp3) is 0.643. The molecule has 13 heteroatoms. The van der Waals surface area contributed by atoms with Crippen LogP contribution in [0.3, 0.4) is 0 Å². The van der Waals surface area contributed by atoms with Crippen molar-refractivity contribution in [1.29, 1.82) is 0 Å². The number of nitrogens with zero attached hydrogens (tertiary/aromatic N) is 8. The minimum atomic E-state index is -0.369. The lowest BCUT2D eigenvalue weighted by Gasteiger charge is -2.21. The second-order valence-corrected chi connectivity index (χ2v) is 5.12. The summed E-state index contributed by atoms with van der Waals surface area (Å²) in [6.45, 7) is 1.03. The largest absolute Gasteiger partial charge is 0.377 e. The molecule has 0 unspecified atom stereocenters. The van der Waals surface area contributed by atoms with Crippen molar-refractivity contribution in [1.82, 2.24) is 9.80 Å². The lowest BCUT2D eigenvalue weighted by Crippen LogP contribution is -2.38. The maximum atomic E-state index is 12.1. The Morgan fingerprint density at radius 2 is 1.56 bits per heavy atom. The molecule has 3 amide bonds. The zero-order valence-electron chi connectivity index (χ0n) is 14.6. The van der Waals surface area contributed by atoms with E-state index in [-0.39, 0.29) is 76.9 Å². The van der Waals surface area contributed by atoms with Gasteiger partial charge in [0.1, 0.15) is 6.61 Å². The van der Waals surface area contributed by atoms with Crippen molar-refractivity contribution in [2.45, 2.75) is 0 Å². The summed E-state index contributed by atoms with van der Waals surface area (Å²) in [6.07, 6.45) is 2.40. The van der Waals surface area contributed by atoms with Crippen LogP contribution in [0.15, 0.2) is 22.4 Å². The highest BCUT2D eigenvalue weighted by Gasteiger charge is 2.22. The van der Waals surface area contributed by atoms with Crippen molar-refractivity contribution >= 4 is 17.7 Å². The summed E-state index contributed by atoms with van der Waals surface area (Å²) in [7, 11) is 0. The lowest BCUT2D eigenvalue weighted by molar-refractivity contribution is -0.139. The van der Waals surface area contributed by atoms with E-state index in [1.807, 2.05) is 0 Å². The van der Waals surface area contributed by atoms with Crippen molar-refractivity contribution in [3.05, 3.63) is 33.0 Å². The van der Waals surface area contributed by atoms with Crippen molar-refractivity contribution in [3.63, 3.8) is 0 Å². The summed E-state index contributed by atoms with van der Waals surface area (Å²) in [5, 5.41) is 6.72. The standard InChI is InChI=1S/C14H20N8O5/c15-19-17-3-5-21(6-4-18-20-16)14(25)11-27-10-9-26-8-7-22-12(23)1-2-13(22)24/h1-2H,3-11H2. The molecule has 0 aromatic heterocycles. The maximum Gasteiger partial charge on any atom is 0.253 e. The van der Waals surface area contributed by atoms with Crippen molar-refractivity contribution in [2.24, 2.45) is 10.2 Å². The predicted molar refractivity (Wildman–Crippen MR) is 92.1 cm³/mol. The number of rotatable bonds is 14. The molecule has 0 saturated carbocycles. The second kappa shape index (κ2) is 13.1. The van der Waals surface area contributed by atoms with Gasteiger partial charge >= 0.3 is 0 Å². The molecule has 0 aliphatic carbocycles. The van der Waals surface area contributed by atoms with Gasteiger partial charge in [0, 0.05) is 48.2 Å². The number of imide groups is 1. The van der Waals surface area contributed by atoms with Gasteiger partial charge in [0.15, 0.2) is 0 Å². The van der Waals surface area contributed by atoms with E-state index in [1.165, 1.54) is 17.1 Å². The average Bonchev–Trinajstić information content (AvgIpc) is 2.98. The smallest absolute Gasteiger partial charge is 0.253 e. The molecular weight excluding hydrogens is 360 g/mol. The monoisotopic (exact) mass is 380 g/mol. The van der Waals surface area contributed by atoms with Gasteiger partial charge in [-0.3, -0.25) is 19.3 Å². The molecule has 13 nitrogen and oxygen atoms in total. The summed E-state index contributed by atoms with van der Waals surface area (Å²) in [4.78, 5) is 42.4. The molecule has 0 aromatic carbocycles. The van der Waals surface area contributed by atoms with Gasteiger partial charge in [0.25, 0.3) is 11.8 Å². The van der Waals surface area contributed by atoms with E-state index in [0.29, 0.717) is 0 Å². The van der Waals surface area contributed by atoms with Gasteiger partial charge in [0.05, 0.1) is 26.4 Å². The number of ether oxygens (including phenoxy) is 2. The van der Waals surface area contributed by atoms with Crippen LogP contribution in [0.25, 0.3) is 20.9 Å². The molecular formula is C14H20N8O5. The van der Waals surface area contributed by atoms with Crippen molar-refractivity contribution in [2.75, 3.05) is 59.2 Å². The van der Waals surface area contributed by atoms with Gasteiger partial charge < -0.3 is 14.4 Å². The molecule has 0 saturated heterocycles. The molecule has 0 N–H and O–H groups in total. The van der Waals surface area contributed by atoms with Crippen LogP contribution in [-0.4, -0.2) is 86.7 Å². The fourth-order valence-corrected chi connectivity index (χ4v) is 2.06. The minimum Gasteiger partial charge on any atom is -0.377 e. The predicted octanol–water partition coefficient (Wildman–Crippen LogP) is 0.394. The SMILES string of the molecule is [N-]=[N+]=NCCN(CCN=[N+]=[N-])C(=O)COCCOCCN1C(=O)C=CC1=O. The molecule has 0 radical (unpaired) electrons. The number of carbonyl (C=O) groups is 3. The van der Waals surface area contributed by atoms with Crippen LogP contribution >= 0.6 is 0 Å². The third-order valence-electron chi connectivity index (χ3n) is 3.38. The van der Waals surface area contributed by atoms with Crippen LogP contribution in [0.2, 0.25) is 0 Å². The van der Waals surface area contributed by atoms with Gasteiger partial charge in [-0.2, -0.15) is 0 Å². The van der Waals surface area contributed by atoms with E-state index in [2.05, 4.69) is 20.1 Å². The Morgan fingerprint density at radius 1 is 1.00 bits per heavy atom. The Labute approximate surface area is 154 Å². The molecule has 0 spiro atoms. The third-order valence-corrected chi connectivity index (χ3v) is 3.38. The molecule has 0 aromatic rings. The number of hydrogen-bond donors (Lipinski definition) is 0. The van der Waals surface area contributed by atoms with Crippen molar-refractivity contribution in [3.8, 4) is 0 Å². The first-order valence-electron chi connectivity index (χ1n) is 8.08. The second-order valence-electron chi connectivity index (χ2n) is 5.12. The molecule has 1 heterocycles. The van der Waals surface area contributed by atoms with Crippen LogP contribution in [-0.2, 0) is 23.9 Å². The molecule has 1 rings (SSSR count). The Bertz CT molecular complexity index is 614. The fourth-order valence-electron chi connectivity index (χ4n) is 2.06. The quantitative estimate of drug-likeness (QED) is 0.139. The van der Waals surface area contributed by atoms with Gasteiger partial charge in [-0.25, -0.2) is 0 Å². The first kappa shape index (κ1) is 21.9. The summed E-state index contributed by atoms with van der Waals surface area (Å²) in [6, 6.07) is 0. The zero-order valence-corrected chi connectivity index (χ0v) is 14.6. The van der Waals surface area contributed by atoms with Gasteiger partial charge in [-0.15, -0.1) is 0 Å². The van der Waals surface area contributed by atoms with E-state index in [1.54, 1.807) is 0 Å². The Morgan fingerprint density at radius 3 is 2.11 bits per heavy atom. The Kier molecular flexibility index (Phi) is 10.7. The summed E-state index contributed by atoms with van der Waals surface area (Å²) in [5.74, 6) is -1.07. The highest BCUT2D eigenvalue weighted by molar-refractivity contribution is 6.12. The van der Waals surface area contributed by atoms with Gasteiger partial charge in [0.2, 0.25) is 5.91 Å². The molecule has 1 aliphatic rings. The number of hydrogen-bond acceptors (Lipinski definition) is 7. The highest BCUT2D eigenvalue weighted by Crippen LogP contribution is 2.02. The highest BCUT2D eigenvalue weighted by atomic mass is 16.5. The van der Waals surface area contributed by atoms with Crippen LogP contribution < -0.4 is 0 Å². The van der Waals surface area contributed by atoms with Crippen LogP contribution in [0.4, 0.5) is 0 Å². The minimum absolute atomic E-state index is 0.102. The molecule has 1 aliphatic heterocycles. The topological polar surface area (TPSA) is 174 Å². The Balaban J connectivity index is 2.18. The van der Waals surface area contributed by atoms with Gasteiger partial charge in [-0.1, -0.05) is 10.2 Å². The van der Waals surface area contributed by atoms with E-state index in [0.717, 1.165) is 4.90 Å². The molecule has 146 valence electrons. The maximum absolute atomic E-state index is 12.1. The van der Waals surface area contributed by atoms with Crippen LogP contribution in [0, 0.1) is 0 Å². The first-order chi connectivity index (χ1) is 13.1. The zero-order chi connectivity index (χ0) is 19.9. The van der Waals surface area contributed by atoms with Gasteiger partial charge in [-0.05, 0) is 11.1 Å². The number of amides is 3. The lowest BCUT2D eigenvalue weighted by atomic mass is 10.4. The number of azide groups is 2. The van der Waals surface area contributed by atoms with E-state index >= 15 is 0 Å². The third kappa shape index (κ3) is 8.70. The molecule has 0 bridgehead atoms. The Hall–Kier alpha value is -3.11. The van der Waals surface area contributed by atoms with Crippen LogP contribution in [0.5, 0.6) is 0 Å². The molecule has 27 heavy (non-hydrogen) atoms.